The van der Waals surface area contributed by atoms with Crippen LogP contribution in [0.25, 0.3) is 0 Å². The third kappa shape index (κ3) is 2.74. The van der Waals surface area contributed by atoms with Crippen LogP contribution in [0.4, 0.5) is 0 Å². The lowest BCUT2D eigenvalue weighted by molar-refractivity contribution is -0.116. The van der Waals surface area contributed by atoms with Crippen molar-refractivity contribution in [3.63, 3.8) is 0 Å². The fourth-order valence-corrected chi connectivity index (χ4v) is 0.924. The fraction of sp³-hybridized carbons (Fsp3) is 0.333. The molecule has 0 fully saturated rings. The van der Waals surface area contributed by atoms with Crippen molar-refractivity contribution in [1.82, 2.24) is 9.97 Å². The summed E-state index contributed by atoms with van der Waals surface area (Å²) in [6.07, 6.45) is 1.24. The van der Waals surface area contributed by atoms with Crippen LogP contribution in [-0.4, -0.2) is 21.5 Å². The van der Waals surface area contributed by atoms with Gasteiger partial charge in [-0.25, -0.2) is 9.97 Å². The summed E-state index contributed by atoms with van der Waals surface area (Å²) in [6.45, 7) is 3.15. The highest BCUT2D eigenvalue weighted by atomic mass is 16.1. The second-order valence-electron chi connectivity index (χ2n) is 2.85. The lowest BCUT2D eigenvalue weighted by atomic mass is 10.1. The van der Waals surface area contributed by atoms with Crippen molar-refractivity contribution in [1.29, 1.82) is 0 Å². The maximum Gasteiger partial charge on any atom is 0.188 e. The maximum absolute atomic E-state index is 11.3. The quantitative estimate of drug-likeness (QED) is 0.510. The van der Waals surface area contributed by atoms with E-state index in [-0.39, 0.29) is 18.0 Å². The minimum absolute atomic E-state index is 0.0869. The summed E-state index contributed by atoms with van der Waals surface area (Å²) in [4.78, 5) is 29.6. The molecule has 0 radical (unpaired) electrons. The molecule has 1 heterocycles. The molecule has 0 aromatic carbocycles. The summed E-state index contributed by atoms with van der Waals surface area (Å²) in [7, 11) is 0. The van der Waals surface area contributed by atoms with Gasteiger partial charge in [0.2, 0.25) is 0 Å². The molecule has 1 aromatic rings. The van der Waals surface area contributed by atoms with Gasteiger partial charge in [-0.2, -0.15) is 0 Å². The van der Waals surface area contributed by atoms with Gasteiger partial charge in [-0.15, -0.1) is 0 Å². The summed E-state index contributed by atoms with van der Waals surface area (Å²) in [5.41, 5.74) is 1.03. The summed E-state index contributed by atoms with van der Waals surface area (Å²) in [6, 6.07) is 1.57. The van der Waals surface area contributed by atoms with Crippen molar-refractivity contribution in [2.24, 2.45) is 0 Å². The molecular weight excluding hydrogens is 168 g/mol. The molecule has 4 heteroatoms. The number of carbonyl (C=O) groups is 2. The topological polar surface area (TPSA) is 59.9 Å². The van der Waals surface area contributed by atoms with Gasteiger partial charge >= 0.3 is 0 Å². The number of ketones is 2. The van der Waals surface area contributed by atoms with E-state index in [1.165, 1.54) is 13.3 Å². The number of hydrogen-bond acceptors (Lipinski definition) is 4. The van der Waals surface area contributed by atoms with Gasteiger partial charge in [0, 0.05) is 5.69 Å². The maximum atomic E-state index is 11.3. The first-order valence-electron chi connectivity index (χ1n) is 3.91. The first-order chi connectivity index (χ1) is 6.09. The normalized spacial score (nSPS) is 9.69. The van der Waals surface area contributed by atoms with Crippen LogP contribution in [0.5, 0.6) is 0 Å². The van der Waals surface area contributed by atoms with Crippen LogP contribution < -0.4 is 0 Å². The number of aromatic nitrogens is 2. The highest BCUT2D eigenvalue weighted by Crippen LogP contribution is 2.01. The molecule has 0 atom stereocenters. The number of Topliss-reactive ketones (excluding diaryl/α,β-unsaturated/α-hetero) is 2. The summed E-state index contributed by atoms with van der Waals surface area (Å²) in [5.74, 6) is -0.403. The highest BCUT2D eigenvalue weighted by molar-refractivity contribution is 6.06. The summed E-state index contributed by atoms with van der Waals surface area (Å²) >= 11 is 0. The molecule has 0 aliphatic heterocycles. The minimum atomic E-state index is -0.252. The van der Waals surface area contributed by atoms with Gasteiger partial charge in [0.05, 0.1) is 6.42 Å². The van der Waals surface area contributed by atoms with Crippen molar-refractivity contribution in [2.75, 3.05) is 0 Å². The van der Waals surface area contributed by atoms with E-state index in [4.69, 9.17) is 0 Å². The SMILES string of the molecule is CC(=O)CC(=O)c1cc(C)ncn1. The molecule has 0 unspecified atom stereocenters. The number of aryl methyl sites for hydroxylation is 1. The first-order valence-corrected chi connectivity index (χ1v) is 3.91. The number of hydrogen-bond donors (Lipinski definition) is 0. The molecular formula is C9H10N2O2. The van der Waals surface area contributed by atoms with Crippen molar-refractivity contribution >= 4 is 11.6 Å². The van der Waals surface area contributed by atoms with E-state index in [1.807, 2.05) is 0 Å². The van der Waals surface area contributed by atoms with Crippen molar-refractivity contribution in [3.8, 4) is 0 Å². The van der Waals surface area contributed by atoms with Crippen LogP contribution >= 0.6 is 0 Å². The van der Waals surface area contributed by atoms with Crippen LogP contribution in [-0.2, 0) is 4.79 Å². The Kier molecular flexibility index (Phi) is 2.84. The Labute approximate surface area is 76.0 Å². The Morgan fingerprint density at radius 2 is 2.08 bits per heavy atom. The van der Waals surface area contributed by atoms with Gasteiger partial charge in [-0.3, -0.25) is 9.59 Å². The molecule has 0 N–H and O–H groups in total. The number of rotatable bonds is 3. The lowest BCUT2D eigenvalue weighted by Gasteiger charge is -1.97. The van der Waals surface area contributed by atoms with Gasteiger partial charge in [0.1, 0.15) is 17.8 Å². The molecule has 68 valence electrons. The number of nitrogens with zero attached hydrogens (tertiary/aromatic N) is 2. The van der Waals surface area contributed by atoms with E-state index >= 15 is 0 Å². The van der Waals surface area contributed by atoms with Crippen molar-refractivity contribution in [2.45, 2.75) is 20.3 Å². The fourth-order valence-electron chi connectivity index (χ4n) is 0.924. The Bertz CT molecular complexity index is 347. The highest BCUT2D eigenvalue weighted by Gasteiger charge is 2.09. The smallest absolute Gasteiger partial charge is 0.188 e. The van der Waals surface area contributed by atoms with Gasteiger partial charge in [-0.05, 0) is 19.9 Å². The van der Waals surface area contributed by atoms with Gasteiger partial charge in [0.15, 0.2) is 5.78 Å². The number of carbonyl (C=O) groups excluding carboxylic acids is 2. The molecule has 1 aromatic heterocycles. The molecule has 0 amide bonds. The van der Waals surface area contributed by atoms with Gasteiger partial charge < -0.3 is 0 Å². The van der Waals surface area contributed by atoms with Crippen molar-refractivity contribution in [3.05, 3.63) is 23.8 Å². The second-order valence-corrected chi connectivity index (χ2v) is 2.85. The average molecular weight is 178 g/mol. The van der Waals surface area contributed by atoms with Crippen LogP contribution in [0.15, 0.2) is 12.4 Å². The monoisotopic (exact) mass is 178 g/mol. The van der Waals surface area contributed by atoms with Gasteiger partial charge in [0.25, 0.3) is 0 Å². The molecule has 0 aliphatic rings. The van der Waals surface area contributed by atoms with E-state index in [9.17, 15) is 9.59 Å². The molecule has 0 spiro atoms. The Morgan fingerprint density at radius 3 is 2.62 bits per heavy atom. The predicted octanol–water partition coefficient (Wildman–Crippen LogP) is 0.947. The van der Waals surface area contributed by atoms with Crippen LogP contribution in [0.2, 0.25) is 0 Å². The molecule has 4 nitrogen and oxygen atoms in total. The zero-order chi connectivity index (χ0) is 9.84. The van der Waals surface area contributed by atoms with Crippen molar-refractivity contribution < 1.29 is 9.59 Å². The Hall–Kier alpha value is -1.58. The Morgan fingerprint density at radius 1 is 1.38 bits per heavy atom. The molecule has 1 rings (SSSR count). The third-order valence-corrected chi connectivity index (χ3v) is 1.50. The first kappa shape index (κ1) is 9.51. The predicted molar refractivity (Wildman–Crippen MR) is 46.4 cm³/mol. The zero-order valence-corrected chi connectivity index (χ0v) is 7.57. The van der Waals surface area contributed by atoms with E-state index in [1.54, 1.807) is 13.0 Å². The van der Waals surface area contributed by atoms with Crippen LogP contribution in [0.1, 0.15) is 29.5 Å². The Balaban J connectivity index is 2.83. The van der Waals surface area contributed by atoms with Crippen LogP contribution in [0, 0.1) is 6.92 Å². The minimum Gasteiger partial charge on any atom is -0.300 e. The van der Waals surface area contributed by atoms with Gasteiger partial charge in [-0.1, -0.05) is 0 Å². The molecule has 0 bridgehead atoms. The molecule has 0 saturated carbocycles. The molecule has 13 heavy (non-hydrogen) atoms. The third-order valence-electron chi connectivity index (χ3n) is 1.50. The van der Waals surface area contributed by atoms with E-state index in [0.29, 0.717) is 5.69 Å². The van der Waals surface area contributed by atoms with E-state index in [2.05, 4.69) is 9.97 Å². The lowest BCUT2D eigenvalue weighted by Crippen LogP contribution is -2.07. The standard InChI is InChI=1S/C9H10N2O2/c1-6-3-8(11-5-10-6)9(13)4-7(2)12/h3,5H,4H2,1-2H3. The molecule has 0 aliphatic carbocycles. The largest absolute Gasteiger partial charge is 0.300 e. The molecule has 0 saturated heterocycles. The van der Waals surface area contributed by atoms with Crippen LogP contribution in [0.3, 0.4) is 0 Å². The second kappa shape index (κ2) is 3.89. The summed E-state index contributed by atoms with van der Waals surface area (Å²) in [5, 5.41) is 0. The average Bonchev–Trinajstić information content (AvgIpc) is 2.03. The van der Waals surface area contributed by atoms with E-state index < -0.39 is 0 Å². The summed E-state index contributed by atoms with van der Waals surface area (Å²) < 4.78 is 0. The zero-order valence-electron chi connectivity index (χ0n) is 7.57. The van der Waals surface area contributed by atoms with E-state index in [0.717, 1.165) is 5.69 Å².